The Bertz CT molecular complexity index is 1110. The summed E-state index contributed by atoms with van der Waals surface area (Å²) in [5.41, 5.74) is 0.156. The van der Waals surface area contributed by atoms with Crippen LogP contribution >= 0.6 is 0 Å². The van der Waals surface area contributed by atoms with Crippen LogP contribution in [0.15, 0.2) is 56.5 Å². The molecule has 0 aliphatic heterocycles. The highest BCUT2D eigenvalue weighted by molar-refractivity contribution is 7.89. The molecule has 0 spiro atoms. The van der Waals surface area contributed by atoms with E-state index in [4.69, 9.17) is 8.94 Å². The smallest absolute Gasteiger partial charge is 0.287 e. The second-order valence-electron chi connectivity index (χ2n) is 7.91. The van der Waals surface area contributed by atoms with E-state index in [1.165, 1.54) is 12.1 Å². The summed E-state index contributed by atoms with van der Waals surface area (Å²) in [4.78, 5) is 16.7. The molecule has 9 nitrogen and oxygen atoms in total. The third-order valence-corrected chi connectivity index (χ3v) is 5.60. The average Bonchev–Trinajstić information content (AvgIpc) is 3.35. The van der Waals surface area contributed by atoms with Gasteiger partial charge in [-0.3, -0.25) is 4.79 Å². The average molecular weight is 433 g/mol. The summed E-state index contributed by atoms with van der Waals surface area (Å²) in [6.45, 7) is 7.17. The first-order valence-electron chi connectivity index (χ1n) is 9.36. The second kappa shape index (κ2) is 8.41. The predicted molar refractivity (Wildman–Crippen MR) is 109 cm³/mol. The Morgan fingerprint density at radius 1 is 1.13 bits per heavy atom. The first kappa shape index (κ1) is 21.7. The molecule has 2 aromatic heterocycles. The molecule has 160 valence electrons. The Hall–Kier alpha value is -2.98. The number of nitrogens with zero attached hydrogens (tertiary/aromatic N) is 2. The largest absolute Gasteiger partial charge is 0.438 e. The molecule has 0 saturated carbocycles. The van der Waals surface area contributed by atoms with Gasteiger partial charge in [0.05, 0.1) is 5.92 Å². The zero-order valence-electron chi connectivity index (χ0n) is 17.2. The van der Waals surface area contributed by atoms with Crippen LogP contribution in [0.25, 0.3) is 11.4 Å². The molecule has 1 unspecified atom stereocenters. The van der Waals surface area contributed by atoms with Gasteiger partial charge in [0, 0.05) is 17.6 Å². The summed E-state index contributed by atoms with van der Waals surface area (Å²) in [6.07, 6.45) is 0. The first-order valence-corrected chi connectivity index (χ1v) is 10.8. The van der Waals surface area contributed by atoms with Crippen molar-refractivity contribution >= 4 is 15.9 Å². The Morgan fingerprint density at radius 3 is 2.50 bits per heavy atom. The molecule has 0 saturated heterocycles. The van der Waals surface area contributed by atoms with E-state index in [0.29, 0.717) is 11.7 Å². The fourth-order valence-corrected chi connectivity index (χ4v) is 3.95. The minimum Gasteiger partial charge on any atom is -0.438 e. The minimum atomic E-state index is -3.86. The third kappa shape index (κ3) is 5.33. The number of hydrogen-bond acceptors (Lipinski definition) is 7. The number of aromatic nitrogens is 2. The Kier molecular flexibility index (Phi) is 6.09. The molecule has 3 rings (SSSR count). The summed E-state index contributed by atoms with van der Waals surface area (Å²) in [5.74, 6) is -0.0456. The van der Waals surface area contributed by atoms with E-state index in [1.807, 2.05) is 37.3 Å². The molecule has 1 aromatic carbocycles. The molecule has 30 heavy (non-hydrogen) atoms. The van der Waals surface area contributed by atoms with E-state index < -0.39 is 21.5 Å². The van der Waals surface area contributed by atoms with Gasteiger partial charge in [-0.05, 0) is 32.9 Å². The number of nitrogens with one attached hydrogen (secondary N) is 2. The lowest BCUT2D eigenvalue weighted by atomic mass is 10.1. The van der Waals surface area contributed by atoms with Crippen LogP contribution in [0.2, 0.25) is 0 Å². The van der Waals surface area contributed by atoms with Gasteiger partial charge < -0.3 is 14.3 Å². The van der Waals surface area contributed by atoms with Crippen LogP contribution in [-0.2, 0) is 10.0 Å². The molecule has 0 aliphatic carbocycles. The summed E-state index contributed by atoms with van der Waals surface area (Å²) in [5, 5.41) is 6.33. The standard InChI is InChI=1S/C20H24N4O5S/c1-13(19-22-17(23-29-19)14-8-6-5-7-9-14)12-21-18(25)15-10-11-16(28-15)30(26,27)24-20(2,3)4/h5-11,13,24H,12H2,1-4H3,(H,21,25). The Morgan fingerprint density at radius 2 is 1.83 bits per heavy atom. The lowest BCUT2D eigenvalue weighted by molar-refractivity contribution is 0.0917. The first-order chi connectivity index (χ1) is 14.0. The molecule has 2 heterocycles. The van der Waals surface area contributed by atoms with Crippen LogP contribution in [0, 0.1) is 0 Å². The Labute approximate surface area is 174 Å². The maximum atomic E-state index is 12.3. The van der Waals surface area contributed by atoms with Crippen molar-refractivity contribution in [3.63, 3.8) is 0 Å². The fraction of sp³-hybridized carbons (Fsp3) is 0.350. The predicted octanol–water partition coefficient (Wildman–Crippen LogP) is 2.94. The zero-order valence-corrected chi connectivity index (χ0v) is 18.0. The number of carbonyl (C=O) groups excluding carboxylic acids is 1. The molecule has 1 atom stereocenters. The van der Waals surface area contributed by atoms with Crippen molar-refractivity contribution < 1.29 is 22.2 Å². The highest BCUT2D eigenvalue weighted by atomic mass is 32.2. The lowest BCUT2D eigenvalue weighted by Gasteiger charge is -2.18. The monoisotopic (exact) mass is 432 g/mol. The molecule has 0 fully saturated rings. The molecule has 0 radical (unpaired) electrons. The number of furan rings is 1. The van der Waals surface area contributed by atoms with Crippen molar-refractivity contribution in [2.75, 3.05) is 6.54 Å². The van der Waals surface area contributed by atoms with Crippen LogP contribution in [0.3, 0.4) is 0 Å². The summed E-state index contributed by atoms with van der Waals surface area (Å²) >= 11 is 0. The minimum absolute atomic E-state index is 0.105. The van der Waals surface area contributed by atoms with Gasteiger partial charge in [0.15, 0.2) is 5.76 Å². The normalized spacial score (nSPS) is 13.2. The zero-order chi connectivity index (χ0) is 21.9. The van der Waals surface area contributed by atoms with Crippen molar-refractivity contribution in [2.24, 2.45) is 0 Å². The summed E-state index contributed by atoms with van der Waals surface area (Å²) < 4.78 is 37.6. The molecular formula is C20H24N4O5S. The highest BCUT2D eigenvalue weighted by Gasteiger charge is 2.26. The van der Waals surface area contributed by atoms with Crippen molar-refractivity contribution in [1.29, 1.82) is 0 Å². The number of rotatable bonds is 7. The van der Waals surface area contributed by atoms with Gasteiger partial charge in [0.1, 0.15) is 0 Å². The second-order valence-corrected chi connectivity index (χ2v) is 9.52. The van der Waals surface area contributed by atoms with Crippen molar-refractivity contribution in [2.45, 2.75) is 44.2 Å². The fourth-order valence-electron chi connectivity index (χ4n) is 2.60. The van der Waals surface area contributed by atoms with E-state index in [1.54, 1.807) is 20.8 Å². The van der Waals surface area contributed by atoms with Gasteiger partial charge in [-0.25, -0.2) is 13.1 Å². The molecule has 2 N–H and O–H groups in total. The number of hydrogen-bond donors (Lipinski definition) is 2. The van der Waals surface area contributed by atoms with Crippen molar-refractivity contribution in [3.05, 3.63) is 54.1 Å². The van der Waals surface area contributed by atoms with Gasteiger partial charge in [-0.2, -0.15) is 4.98 Å². The Balaban J connectivity index is 1.61. The summed E-state index contributed by atoms with van der Waals surface area (Å²) in [6, 6.07) is 12.0. The van der Waals surface area contributed by atoms with Crippen LogP contribution < -0.4 is 10.0 Å². The van der Waals surface area contributed by atoms with E-state index in [-0.39, 0.29) is 23.3 Å². The molecule has 0 aliphatic rings. The molecule has 10 heteroatoms. The van der Waals surface area contributed by atoms with E-state index in [0.717, 1.165) is 5.56 Å². The van der Waals surface area contributed by atoms with E-state index in [2.05, 4.69) is 20.2 Å². The molecule has 0 bridgehead atoms. The summed E-state index contributed by atoms with van der Waals surface area (Å²) in [7, 11) is -3.86. The number of amides is 1. The van der Waals surface area contributed by atoms with Crippen LogP contribution in [-0.4, -0.2) is 36.5 Å². The topological polar surface area (TPSA) is 127 Å². The quantitative estimate of drug-likeness (QED) is 0.587. The van der Waals surface area contributed by atoms with Crippen LogP contribution in [0.1, 0.15) is 50.1 Å². The maximum absolute atomic E-state index is 12.3. The van der Waals surface area contributed by atoms with Gasteiger partial charge >= 0.3 is 0 Å². The number of sulfonamides is 1. The molecule has 1 amide bonds. The van der Waals surface area contributed by atoms with E-state index in [9.17, 15) is 13.2 Å². The van der Waals surface area contributed by atoms with Gasteiger partial charge in [0.25, 0.3) is 15.9 Å². The lowest BCUT2D eigenvalue weighted by Crippen LogP contribution is -2.40. The van der Waals surface area contributed by atoms with Crippen molar-refractivity contribution in [3.8, 4) is 11.4 Å². The molecular weight excluding hydrogens is 408 g/mol. The SMILES string of the molecule is CC(CNC(=O)c1ccc(S(=O)(=O)NC(C)(C)C)o1)c1nc(-c2ccccc2)no1. The number of benzene rings is 1. The highest BCUT2D eigenvalue weighted by Crippen LogP contribution is 2.20. The third-order valence-electron chi connectivity index (χ3n) is 3.97. The molecule has 3 aromatic rings. The van der Waals surface area contributed by atoms with Crippen molar-refractivity contribution in [1.82, 2.24) is 20.2 Å². The van der Waals surface area contributed by atoms with E-state index >= 15 is 0 Å². The number of carbonyl (C=O) groups is 1. The van der Waals surface area contributed by atoms with Gasteiger partial charge in [-0.15, -0.1) is 0 Å². The maximum Gasteiger partial charge on any atom is 0.287 e. The van der Waals surface area contributed by atoms with Crippen LogP contribution in [0.5, 0.6) is 0 Å². The van der Waals surface area contributed by atoms with Gasteiger partial charge in [-0.1, -0.05) is 42.4 Å². The van der Waals surface area contributed by atoms with Crippen LogP contribution in [0.4, 0.5) is 0 Å². The van der Waals surface area contributed by atoms with Gasteiger partial charge in [0.2, 0.25) is 16.8 Å².